The van der Waals surface area contributed by atoms with Crippen molar-refractivity contribution in [2.24, 2.45) is 0 Å². The lowest BCUT2D eigenvalue weighted by atomic mass is 10.1. The second-order valence-electron chi connectivity index (χ2n) is 4.96. The van der Waals surface area contributed by atoms with Crippen LogP contribution in [0.3, 0.4) is 0 Å². The molecule has 0 saturated carbocycles. The van der Waals surface area contributed by atoms with Crippen molar-refractivity contribution in [2.45, 2.75) is 44.4 Å². The summed E-state index contributed by atoms with van der Waals surface area (Å²) in [6, 6.07) is 1.53. The number of ether oxygens (including phenoxy) is 1. The highest BCUT2D eigenvalue weighted by Crippen LogP contribution is 2.41. The van der Waals surface area contributed by atoms with Crippen LogP contribution in [0.2, 0.25) is 0 Å². The highest BCUT2D eigenvalue weighted by atomic mass is 19.3. The van der Waals surface area contributed by atoms with Gasteiger partial charge in [-0.25, -0.2) is 13.6 Å². The van der Waals surface area contributed by atoms with E-state index in [0.29, 0.717) is 5.69 Å². The van der Waals surface area contributed by atoms with Crippen LogP contribution in [-0.4, -0.2) is 33.3 Å². The minimum absolute atomic E-state index is 0.0394. The zero-order chi connectivity index (χ0) is 14.2. The molecule has 0 aromatic carbocycles. The molecule has 106 valence electrons. The molecule has 1 N–H and O–H groups in total. The predicted molar refractivity (Wildman–Crippen MR) is 63.1 cm³/mol. The van der Waals surface area contributed by atoms with Crippen LogP contribution < -0.4 is 5.69 Å². The fraction of sp³-hybridized carbons (Fsp3) is 0.667. The molecule has 0 radical (unpaired) electrons. The lowest BCUT2D eigenvalue weighted by Crippen LogP contribution is -2.35. The molecule has 0 amide bonds. The molecule has 1 fully saturated rings. The van der Waals surface area contributed by atoms with Crippen LogP contribution >= 0.6 is 0 Å². The average molecular weight is 274 g/mol. The van der Waals surface area contributed by atoms with Crippen molar-refractivity contribution in [3.05, 3.63) is 28.4 Å². The first kappa shape index (κ1) is 14.1. The molecule has 0 spiro atoms. The van der Waals surface area contributed by atoms with E-state index in [0.717, 1.165) is 4.57 Å². The zero-order valence-corrected chi connectivity index (χ0v) is 10.7. The highest BCUT2D eigenvalue weighted by molar-refractivity contribution is 5.05. The van der Waals surface area contributed by atoms with Crippen LogP contribution in [-0.2, 0) is 4.74 Å². The maximum absolute atomic E-state index is 13.7. The van der Waals surface area contributed by atoms with E-state index in [1.54, 1.807) is 0 Å². The van der Waals surface area contributed by atoms with Crippen molar-refractivity contribution in [3.63, 3.8) is 0 Å². The fourth-order valence-corrected chi connectivity index (χ4v) is 2.04. The summed E-state index contributed by atoms with van der Waals surface area (Å²) >= 11 is 0. The monoisotopic (exact) mass is 274 g/mol. The Morgan fingerprint density at radius 1 is 1.63 bits per heavy atom. The molecule has 2 heterocycles. The van der Waals surface area contributed by atoms with Gasteiger partial charge in [-0.15, -0.1) is 0 Å². The van der Waals surface area contributed by atoms with Gasteiger partial charge in [-0.3, -0.25) is 4.57 Å². The first-order chi connectivity index (χ1) is 8.85. The molecular weight excluding hydrogens is 258 g/mol. The van der Waals surface area contributed by atoms with Gasteiger partial charge in [0.2, 0.25) is 6.23 Å². The standard InChI is InChI=1S/C12H16F2N2O3/c1-7(2)9-3-4-16(11(18)15-9)10-12(13,14)5-8(6-17)19-10/h3-4,7-8,10,17H,5-6H2,1-2H3. The van der Waals surface area contributed by atoms with Gasteiger partial charge in [0.1, 0.15) is 0 Å². The number of hydrogen-bond acceptors (Lipinski definition) is 4. The van der Waals surface area contributed by atoms with E-state index in [1.165, 1.54) is 12.3 Å². The number of nitrogens with zero attached hydrogens (tertiary/aromatic N) is 2. The predicted octanol–water partition coefficient (Wildman–Crippen LogP) is 1.28. The molecule has 0 aliphatic carbocycles. The van der Waals surface area contributed by atoms with Crippen LogP contribution in [0.15, 0.2) is 17.1 Å². The van der Waals surface area contributed by atoms with Crippen molar-refractivity contribution >= 4 is 0 Å². The van der Waals surface area contributed by atoms with Gasteiger partial charge < -0.3 is 9.84 Å². The van der Waals surface area contributed by atoms with Gasteiger partial charge >= 0.3 is 5.69 Å². The number of alkyl halides is 2. The minimum Gasteiger partial charge on any atom is -0.394 e. The maximum atomic E-state index is 13.7. The van der Waals surface area contributed by atoms with E-state index in [1.807, 2.05) is 13.8 Å². The van der Waals surface area contributed by atoms with E-state index < -0.39 is 37.0 Å². The largest absolute Gasteiger partial charge is 0.394 e. The zero-order valence-electron chi connectivity index (χ0n) is 10.7. The van der Waals surface area contributed by atoms with Gasteiger partial charge in [0.05, 0.1) is 18.4 Å². The molecule has 1 aromatic rings. The molecular formula is C12H16F2N2O3. The Hall–Kier alpha value is -1.34. The molecule has 19 heavy (non-hydrogen) atoms. The fourth-order valence-electron chi connectivity index (χ4n) is 2.04. The Morgan fingerprint density at radius 2 is 2.32 bits per heavy atom. The smallest absolute Gasteiger partial charge is 0.350 e. The van der Waals surface area contributed by atoms with Crippen LogP contribution in [0.4, 0.5) is 8.78 Å². The summed E-state index contributed by atoms with van der Waals surface area (Å²) in [5.74, 6) is -3.16. The van der Waals surface area contributed by atoms with Crippen molar-refractivity contribution in [1.82, 2.24) is 9.55 Å². The summed E-state index contributed by atoms with van der Waals surface area (Å²) in [6.45, 7) is 3.21. The second-order valence-corrected chi connectivity index (χ2v) is 4.96. The van der Waals surface area contributed by atoms with Crippen LogP contribution in [0.1, 0.15) is 38.1 Å². The Bertz CT molecular complexity index is 516. The van der Waals surface area contributed by atoms with Gasteiger partial charge in [-0.05, 0) is 12.0 Å². The van der Waals surface area contributed by atoms with Gasteiger partial charge in [0.25, 0.3) is 5.92 Å². The van der Waals surface area contributed by atoms with E-state index in [9.17, 15) is 13.6 Å². The summed E-state index contributed by atoms with van der Waals surface area (Å²) in [5.41, 5.74) is -0.226. The molecule has 2 rings (SSSR count). The molecule has 1 aliphatic rings. The summed E-state index contributed by atoms with van der Waals surface area (Å²) in [4.78, 5) is 15.6. The second kappa shape index (κ2) is 4.97. The molecule has 1 saturated heterocycles. The molecule has 2 unspecified atom stereocenters. The maximum Gasteiger partial charge on any atom is 0.350 e. The molecule has 1 aliphatic heterocycles. The van der Waals surface area contributed by atoms with Gasteiger partial charge in [0, 0.05) is 12.6 Å². The van der Waals surface area contributed by atoms with Crippen molar-refractivity contribution in [1.29, 1.82) is 0 Å². The molecule has 1 aromatic heterocycles. The normalized spacial score (nSPS) is 26.0. The van der Waals surface area contributed by atoms with Crippen molar-refractivity contribution in [2.75, 3.05) is 6.61 Å². The van der Waals surface area contributed by atoms with Gasteiger partial charge in [0.15, 0.2) is 0 Å². The SMILES string of the molecule is CC(C)c1ccn(C2OC(CO)CC2(F)F)c(=O)n1. The average Bonchev–Trinajstić information content (AvgIpc) is 2.64. The first-order valence-corrected chi connectivity index (χ1v) is 6.08. The summed E-state index contributed by atoms with van der Waals surface area (Å²) in [5, 5.41) is 8.89. The number of aromatic nitrogens is 2. The molecule has 7 heteroatoms. The van der Waals surface area contributed by atoms with Gasteiger partial charge in [-0.1, -0.05) is 13.8 Å². The Balaban J connectivity index is 2.35. The van der Waals surface area contributed by atoms with Crippen LogP contribution in [0.5, 0.6) is 0 Å². The Labute approximate surface area is 108 Å². The lowest BCUT2D eigenvalue weighted by molar-refractivity contribution is -0.120. The number of hydrogen-bond donors (Lipinski definition) is 1. The molecule has 0 bridgehead atoms. The van der Waals surface area contributed by atoms with E-state index in [2.05, 4.69) is 4.98 Å². The summed E-state index contributed by atoms with van der Waals surface area (Å²) in [7, 11) is 0. The third kappa shape index (κ3) is 2.66. The third-order valence-electron chi connectivity index (χ3n) is 3.08. The summed E-state index contributed by atoms with van der Waals surface area (Å²) in [6.07, 6.45) is -2.00. The number of halogens is 2. The number of rotatable bonds is 3. The highest BCUT2D eigenvalue weighted by Gasteiger charge is 2.51. The van der Waals surface area contributed by atoms with E-state index in [-0.39, 0.29) is 5.92 Å². The summed E-state index contributed by atoms with van der Waals surface area (Å²) < 4.78 is 33.3. The first-order valence-electron chi connectivity index (χ1n) is 6.08. The van der Waals surface area contributed by atoms with Crippen LogP contribution in [0.25, 0.3) is 0 Å². The molecule has 2 atom stereocenters. The topological polar surface area (TPSA) is 64.3 Å². The number of aliphatic hydroxyl groups is 1. The quantitative estimate of drug-likeness (QED) is 0.902. The van der Waals surface area contributed by atoms with Crippen molar-refractivity contribution in [3.8, 4) is 0 Å². The molecule has 5 nitrogen and oxygen atoms in total. The van der Waals surface area contributed by atoms with E-state index in [4.69, 9.17) is 9.84 Å². The number of aliphatic hydroxyl groups excluding tert-OH is 1. The van der Waals surface area contributed by atoms with Crippen molar-refractivity contribution < 1.29 is 18.6 Å². The lowest BCUT2D eigenvalue weighted by Gasteiger charge is -2.20. The van der Waals surface area contributed by atoms with E-state index >= 15 is 0 Å². The van der Waals surface area contributed by atoms with Crippen LogP contribution in [0, 0.1) is 0 Å². The third-order valence-corrected chi connectivity index (χ3v) is 3.08. The van der Waals surface area contributed by atoms with Gasteiger partial charge in [-0.2, -0.15) is 4.98 Å². The Morgan fingerprint density at radius 3 is 2.79 bits per heavy atom. The minimum atomic E-state index is -3.20. The Kier molecular flexibility index (Phi) is 3.69.